The van der Waals surface area contributed by atoms with Crippen LogP contribution in [-0.2, 0) is 4.79 Å². The van der Waals surface area contributed by atoms with Gasteiger partial charge < -0.3 is 15.2 Å². The van der Waals surface area contributed by atoms with Crippen LogP contribution in [0.2, 0.25) is 5.02 Å². The highest BCUT2D eigenvalue weighted by Crippen LogP contribution is 2.31. The van der Waals surface area contributed by atoms with Crippen molar-refractivity contribution in [2.24, 2.45) is 0 Å². The Labute approximate surface area is 113 Å². The molecule has 5 heteroatoms. The Kier molecular flexibility index (Phi) is 7.20. The molecule has 0 amide bonds. The van der Waals surface area contributed by atoms with Gasteiger partial charge in [-0.05, 0) is 25.5 Å². The van der Waals surface area contributed by atoms with Gasteiger partial charge in [0, 0.05) is 11.1 Å². The highest BCUT2D eigenvalue weighted by atomic mass is 35.5. The van der Waals surface area contributed by atoms with Gasteiger partial charge >= 0.3 is 5.97 Å². The van der Waals surface area contributed by atoms with E-state index < -0.39 is 12.0 Å². The summed E-state index contributed by atoms with van der Waals surface area (Å²) < 4.78 is 5.12. The molecule has 0 saturated heterocycles. The number of rotatable bonds is 4. The van der Waals surface area contributed by atoms with E-state index in [2.05, 4.69) is 5.32 Å². The van der Waals surface area contributed by atoms with E-state index in [0.717, 1.165) is 5.56 Å². The van der Waals surface area contributed by atoms with Crippen LogP contribution in [-0.4, -0.2) is 24.2 Å². The van der Waals surface area contributed by atoms with Crippen LogP contribution in [0.25, 0.3) is 0 Å². The van der Waals surface area contributed by atoms with Crippen LogP contribution in [0, 0.1) is 6.92 Å². The molecule has 1 atom stereocenters. The van der Waals surface area contributed by atoms with Gasteiger partial charge in [-0.25, -0.2) is 0 Å². The van der Waals surface area contributed by atoms with Crippen LogP contribution in [0.1, 0.15) is 26.3 Å². The molecule has 0 aliphatic rings. The molecule has 1 rings (SSSR count). The van der Waals surface area contributed by atoms with Crippen LogP contribution in [0.5, 0.6) is 5.75 Å². The fraction of sp³-hybridized carbons (Fsp3) is 0.462. The number of hydrogen-bond acceptors (Lipinski definition) is 3. The smallest absolute Gasteiger partial charge is 0.325 e. The number of methoxy groups -OCH3 is 1. The summed E-state index contributed by atoms with van der Waals surface area (Å²) in [6, 6.07) is 2.74. The average molecular weight is 274 g/mol. The zero-order valence-electron chi connectivity index (χ0n) is 11.4. The van der Waals surface area contributed by atoms with Crippen molar-refractivity contribution in [3.8, 4) is 5.75 Å². The molecule has 0 heterocycles. The Balaban J connectivity index is 0.00000137. The SMILES string of the molecule is CC.COc1cc(Cl)c(C)cc1NC(C)C(=O)O. The topological polar surface area (TPSA) is 58.6 Å². The van der Waals surface area contributed by atoms with Gasteiger partial charge in [0.15, 0.2) is 0 Å². The molecule has 1 aromatic rings. The number of hydrogen-bond donors (Lipinski definition) is 2. The molecule has 0 fully saturated rings. The third-order valence-corrected chi connectivity index (χ3v) is 2.63. The van der Waals surface area contributed by atoms with E-state index in [0.29, 0.717) is 16.5 Å². The van der Waals surface area contributed by atoms with Crippen LogP contribution in [0.15, 0.2) is 12.1 Å². The Morgan fingerprint density at radius 3 is 2.44 bits per heavy atom. The molecule has 0 saturated carbocycles. The van der Waals surface area contributed by atoms with Crippen molar-refractivity contribution in [3.63, 3.8) is 0 Å². The van der Waals surface area contributed by atoms with Crippen molar-refractivity contribution >= 4 is 23.3 Å². The number of ether oxygens (including phenoxy) is 1. The molecule has 1 aromatic carbocycles. The molecule has 0 bridgehead atoms. The van der Waals surface area contributed by atoms with Crippen LogP contribution < -0.4 is 10.1 Å². The standard InChI is InChI=1S/C11H14ClNO3.C2H6/c1-6-4-9(13-7(2)11(14)15)10(16-3)5-8(6)12;1-2/h4-5,7,13H,1-3H3,(H,14,15);1-2H3. The quantitative estimate of drug-likeness (QED) is 0.880. The maximum atomic E-state index is 10.7. The lowest BCUT2D eigenvalue weighted by atomic mass is 10.2. The summed E-state index contributed by atoms with van der Waals surface area (Å²) in [4.78, 5) is 10.7. The number of aliphatic carboxylic acids is 1. The molecular weight excluding hydrogens is 254 g/mol. The molecule has 0 radical (unpaired) electrons. The Bertz CT molecular complexity index is 407. The highest BCUT2D eigenvalue weighted by molar-refractivity contribution is 6.31. The summed E-state index contributed by atoms with van der Waals surface area (Å²) in [6.45, 7) is 7.41. The first-order valence-corrected chi connectivity index (χ1v) is 6.17. The van der Waals surface area contributed by atoms with Crippen molar-refractivity contribution in [1.29, 1.82) is 0 Å². The summed E-state index contributed by atoms with van der Waals surface area (Å²) in [5, 5.41) is 12.2. The van der Waals surface area contributed by atoms with Crippen LogP contribution in [0.3, 0.4) is 0 Å². The minimum Gasteiger partial charge on any atom is -0.495 e. The summed E-state index contributed by atoms with van der Waals surface area (Å²) in [5.41, 5.74) is 1.49. The van der Waals surface area contributed by atoms with Crippen molar-refractivity contribution < 1.29 is 14.6 Å². The van der Waals surface area contributed by atoms with E-state index in [1.54, 1.807) is 19.1 Å². The Morgan fingerprint density at radius 2 is 2.00 bits per heavy atom. The Hall–Kier alpha value is -1.42. The fourth-order valence-corrected chi connectivity index (χ4v) is 1.39. The van der Waals surface area contributed by atoms with Crippen molar-refractivity contribution in [2.75, 3.05) is 12.4 Å². The molecule has 4 nitrogen and oxygen atoms in total. The number of anilines is 1. The van der Waals surface area contributed by atoms with Gasteiger partial charge in [0.25, 0.3) is 0 Å². The van der Waals surface area contributed by atoms with Gasteiger partial charge in [0.05, 0.1) is 12.8 Å². The maximum Gasteiger partial charge on any atom is 0.325 e. The monoisotopic (exact) mass is 273 g/mol. The predicted octanol–water partition coefficient (Wildman–Crippen LogP) is 3.57. The van der Waals surface area contributed by atoms with E-state index in [1.807, 2.05) is 20.8 Å². The number of benzene rings is 1. The first-order valence-electron chi connectivity index (χ1n) is 5.79. The number of aryl methyl sites for hydroxylation is 1. The molecule has 2 N–H and O–H groups in total. The maximum absolute atomic E-state index is 10.7. The number of nitrogens with one attached hydrogen (secondary N) is 1. The van der Waals surface area contributed by atoms with Gasteiger partial charge in [-0.2, -0.15) is 0 Å². The van der Waals surface area contributed by atoms with Crippen LogP contribution in [0.4, 0.5) is 5.69 Å². The first-order chi connectivity index (χ1) is 8.45. The van der Waals surface area contributed by atoms with Gasteiger partial charge in [0.2, 0.25) is 0 Å². The minimum absolute atomic E-state index is 0.531. The second kappa shape index (κ2) is 7.82. The zero-order valence-corrected chi connectivity index (χ0v) is 12.1. The van der Waals surface area contributed by atoms with E-state index in [4.69, 9.17) is 21.4 Å². The number of halogens is 1. The molecular formula is C13H20ClNO3. The molecule has 1 unspecified atom stereocenters. The second-order valence-corrected chi connectivity index (χ2v) is 3.91. The fourth-order valence-electron chi connectivity index (χ4n) is 1.24. The van der Waals surface area contributed by atoms with E-state index in [1.165, 1.54) is 7.11 Å². The van der Waals surface area contributed by atoms with Crippen LogP contribution >= 0.6 is 11.6 Å². The number of carboxylic acid groups (broad SMARTS) is 1. The predicted molar refractivity (Wildman–Crippen MR) is 74.8 cm³/mol. The lowest BCUT2D eigenvalue weighted by Gasteiger charge is -2.15. The summed E-state index contributed by atoms with van der Waals surface area (Å²) in [6.07, 6.45) is 0. The van der Waals surface area contributed by atoms with Crippen molar-refractivity contribution in [1.82, 2.24) is 0 Å². The molecule has 18 heavy (non-hydrogen) atoms. The lowest BCUT2D eigenvalue weighted by Crippen LogP contribution is -2.25. The van der Waals surface area contributed by atoms with E-state index >= 15 is 0 Å². The molecule has 0 spiro atoms. The number of carbonyl (C=O) groups is 1. The third-order valence-electron chi connectivity index (χ3n) is 2.22. The Morgan fingerprint density at radius 1 is 1.44 bits per heavy atom. The van der Waals surface area contributed by atoms with E-state index in [-0.39, 0.29) is 0 Å². The van der Waals surface area contributed by atoms with E-state index in [9.17, 15) is 4.79 Å². The largest absolute Gasteiger partial charge is 0.495 e. The number of carboxylic acids is 1. The van der Waals surface area contributed by atoms with Crippen molar-refractivity contribution in [2.45, 2.75) is 33.7 Å². The first kappa shape index (κ1) is 16.6. The molecule has 0 aliphatic heterocycles. The van der Waals surface area contributed by atoms with Crippen molar-refractivity contribution in [3.05, 3.63) is 22.7 Å². The average Bonchev–Trinajstić information content (AvgIpc) is 2.35. The minimum atomic E-state index is -0.922. The lowest BCUT2D eigenvalue weighted by molar-refractivity contribution is -0.137. The summed E-state index contributed by atoms with van der Waals surface area (Å²) >= 11 is 5.94. The van der Waals surface area contributed by atoms with Gasteiger partial charge in [-0.15, -0.1) is 0 Å². The highest BCUT2D eigenvalue weighted by Gasteiger charge is 2.14. The molecule has 102 valence electrons. The summed E-state index contributed by atoms with van der Waals surface area (Å²) in [5.74, 6) is -0.390. The summed E-state index contributed by atoms with van der Waals surface area (Å²) in [7, 11) is 1.51. The second-order valence-electron chi connectivity index (χ2n) is 3.51. The van der Waals surface area contributed by atoms with Gasteiger partial charge in [-0.3, -0.25) is 4.79 Å². The van der Waals surface area contributed by atoms with Gasteiger partial charge in [0.1, 0.15) is 11.8 Å². The normalized spacial score (nSPS) is 11.0. The van der Waals surface area contributed by atoms with Gasteiger partial charge in [-0.1, -0.05) is 25.4 Å². The molecule has 0 aliphatic carbocycles. The molecule has 0 aromatic heterocycles. The third kappa shape index (κ3) is 4.45. The zero-order chi connectivity index (χ0) is 14.3.